The quantitative estimate of drug-likeness (QED) is 0.874. The number of hydrogen-bond donors (Lipinski definition) is 2. The molecule has 0 spiro atoms. The van der Waals surface area contributed by atoms with E-state index in [4.69, 9.17) is 0 Å². The van der Waals surface area contributed by atoms with E-state index in [1.807, 2.05) is 0 Å². The molecule has 0 heterocycles. The Bertz CT molecular complexity index is 574. The molecule has 1 aliphatic carbocycles. The fourth-order valence-corrected chi connectivity index (χ4v) is 4.06. The Morgan fingerprint density at radius 2 is 2.15 bits per heavy atom. The zero-order chi connectivity index (χ0) is 14.8. The summed E-state index contributed by atoms with van der Waals surface area (Å²) in [5.74, 6) is 0.204. The summed E-state index contributed by atoms with van der Waals surface area (Å²) in [6.45, 7) is 2.05. The zero-order valence-electron chi connectivity index (χ0n) is 11.5. The van der Waals surface area contributed by atoms with Gasteiger partial charge in [0.05, 0.1) is 11.5 Å². The molecule has 0 aromatic heterocycles. The van der Waals surface area contributed by atoms with E-state index in [2.05, 4.69) is 11.6 Å². The van der Waals surface area contributed by atoms with Crippen molar-refractivity contribution in [1.29, 1.82) is 0 Å². The molecule has 112 valence electrons. The van der Waals surface area contributed by atoms with Crippen molar-refractivity contribution in [1.82, 2.24) is 4.72 Å². The highest BCUT2D eigenvalue weighted by atomic mass is 32.2. The second-order valence-electron chi connectivity index (χ2n) is 5.43. The van der Waals surface area contributed by atoms with Crippen molar-refractivity contribution in [3.63, 3.8) is 0 Å². The molecule has 0 aliphatic heterocycles. The van der Waals surface area contributed by atoms with Gasteiger partial charge in [0.25, 0.3) is 0 Å². The molecule has 1 aliphatic rings. The summed E-state index contributed by atoms with van der Waals surface area (Å²) in [7, 11) is -3.79. The van der Waals surface area contributed by atoms with Crippen LogP contribution >= 0.6 is 0 Å². The van der Waals surface area contributed by atoms with Crippen LogP contribution in [0.25, 0.3) is 0 Å². The van der Waals surface area contributed by atoms with Crippen molar-refractivity contribution >= 4 is 10.0 Å². The third-order valence-corrected chi connectivity index (χ3v) is 5.57. The molecule has 20 heavy (non-hydrogen) atoms. The third-order valence-electron chi connectivity index (χ3n) is 4.06. The Balaban J connectivity index is 2.15. The molecule has 0 amide bonds. The second kappa shape index (κ2) is 6.20. The van der Waals surface area contributed by atoms with Crippen LogP contribution in [0.1, 0.15) is 31.7 Å². The normalized spacial score (nSPS) is 23.1. The van der Waals surface area contributed by atoms with Crippen molar-refractivity contribution in [2.75, 3.05) is 6.54 Å². The van der Waals surface area contributed by atoms with Gasteiger partial charge in [-0.3, -0.25) is 0 Å². The predicted octanol–water partition coefficient (Wildman–Crippen LogP) is 2.03. The van der Waals surface area contributed by atoms with Crippen LogP contribution in [0, 0.1) is 17.7 Å². The summed E-state index contributed by atoms with van der Waals surface area (Å²) >= 11 is 0. The van der Waals surface area contributed by atoms with Crippen molar-refractivity contribution in [2.45, 2.75) is 37.7 Å². The number of aliphatic hydroxyl groups is 1. The van der Waals surface area contributed by atoms with Gasteiger partial charge in [-0.25, -0.2) is 17.5 Å². The first-order valence-corrected chi connectivity index (χ1v) is 8.31. The minimum absolute atomic E-state index is 0.175. The second-order valence-corrected chi connectivity index (χ2v) is 7.17. The summed E-state index contributed by atoms with van der Waals surface area (Å²) in [5.41, 5.74) is 0.207. The lowest BCUT2D eigenvalue weighted by atomic mass is 9.99. The smallest absolute Gasteiger partial charge is 0.241 e. The molecular weight excluding hydrogens is 281 g/mol. The molecule has 4 nitrogen and oxygen atoms in total. The van der Waals surface area contributed by atoms with Gasteiger partial charge in [0.1, 0.15) is 5.82 Å². The first kappa shape index (κ1) is 15.4. The Kier molecular flexibility index (Phi) is 4.78. The van der Waals surface area contributed by atoms with Gasteiger partial charge in [-0.15, -0.1) is 0 Å². The minimum Gasteiger partial charge on any atom is -0.392 e. The Labute approximate surface area is 119 Å². The largest absolute Gasteiger partial charge is 0.392 e. The summed E-state index contributed by atoms with van der Waals surface area (Å²) < 4.78 is 40.3. The van der Waals surface area contributed by atoms with Crippen LogP contribution in [0.15, 0.2) is 23.1 Å². The van der Waals surface area contributed by atoms with Crippen molar-refractivity contribution in [2.24, 2.45) is 11.8 Å². The van der Waals surface area contributed by atoms with E-state index in [1.54, 1.807) is 0 Å². The van der Waals surface area contributed by atoms with Crippen LogP contribution in [0.2, 0.25) is 0 Å². The van der Waals surface area contributed by atoms with Gasteiger partial charge in [-0.1, -0.05) is 25.8 Å². The number of sulfonamides is 1. The van der Waals surface area contributed by atoms with Gasteiger partial charge in [0, 0.05) is 6.54 Å². The minimum atomic E-state index is -3.79. The number of hydrogen-bond acceptors (Lipinski definition) is 3. The molecule has 0 bridgehead atoms. The van der Waals surface area contributed by atoms with E-state index in [-0.39, 0.29) is 10.5 Å². The highest BCUT2D eigenvalue weighted by Crippen LogP contribution is 2.30. The number of aliphatic hydroxyl groups excluding tert-OH is 1. The zero-order valence-corrected chi connectivity index (χ0v) is 12.3. The van der Waals surface area contributed by atoms with Crippen LogP contribution in [0.4, 0.5) is 4.39 Å². The van der Waals surface area contributed by atoms with Crippen molar-refractivity contribution < 1.29 is 17.9 Å². The van der Waals surface area contributed by atoms with Gasteiger partial charge < -0.3 is 5.11 Å². The number of nitrogens with one attached hydrogen (secondary N) is 1. The van der Waals surface area contributed by atoms with E-state index in [0.717, 1.165) is 31.4 Å². The summed E-state index contributed by atoms with van der Waals surface area (Å²) in [4.78, 5) is -0.175. The van der Waals surface area contributed by atoms with Crippen LogP contribution < -0.4 is 4.72 Å². The summed E-state index contributed by atoms with van der Waals surface area (Å²) in [6.07, 6.45) is 3.25. The van der Waals surface area contributed by atoms with Crippen molar-refractivity contribution in [3.05, 3.63) is 29.6 Å². The molecule has 1 saturated carbocycles. The number of rotatable bonds is 5. The van der Waals surface area contributed by atoms with Crippen LogP contribution in [0.3, 0.4) is 0 Å². The number of benzene rings is 1. The molecule has 1 aromatic carbocycles. The predicted molar refractivity (Wildman–Crippen MR) is 74.0 cm³/mol. The topological polar surface area (TPSA) is 66.4 Å². The van der Waals surface area contributed by atoms with E-state index < -0.39 is 22.4 Å². The molecule has 0 saturated heterocycles. The highest BCUT2D eigenvalue weighted by Gasteiger charge is 2.26. The van der Waals surface area contributed by atoms with Crippen LogP contribution in [-0.4, -0.2) is 20.1 Å². The first-order valence-electron chi connectivity index (χ1n) is 6.83. The Hall–Kier alpha value is -0.980. The number of halogens is 1. The standard InChI is InChI=1S/C14H20FNO3S/c1-10-3-2-4-11(10)8-16-20(18,19)14-7-13(15)6-5-12(14)9-17/h5-7,10-11,16-17H,2-4,8-9H2,1H3. The lowest BCUT2D eigenvalue weighted by molar-refractivity contribution is 0.278. The maximum absolute atomic E-state index is 13.2. The highest BCUT2D eigenvalue weighted by molar-refractivity contribution is 7.89. The molecule has 6 heteroatoms. The van der Waals surface area contributed by atoms with Gasteiger partial charge >= 0.3 is 0 Å². The summed E-state index contributed by atoms with van der Waals surface area (Å²) in [6, 6.07) is 3.39. The molecular formula is C14H20FNO3S. The van der Waals surface area contributed by atoms with Gasteiger partial charge in [0.15, 0.2) is 0 Å². The lowest BCUT2D eigenvalue weighted by Gasteiger charge is -2.17. The molecule has 2 rings (SSSR count). The maximum Gasteiger partial charge on any atom is 0.241 e. The van der Waals surface area contributed by atoms with Gasteiger partial charge in [-0.2, -0.15) is 0 Å². The first-order chi connectivity index (χ1) is 9.44. The maximum atomic E-state index is 13.2. The average molecular weight is 301 g/mol. The monoisotopic (exact) mass is 301 g/mol. The van der Waals surface area contributed by atoms with Gasteiger partial charge in [0.2, 0.25) is 10.0 Å². The average Bonchev–Trinajstić information content (AvgIpc) is 2.82. The molecule has 2 unspecified atom stereocenters. The van der Waals surface area contributed by atoms with E-state index in [9.17, 15) is 17.9 Å². The van der Waals surface area contributed by atoms with Crippen molar-refractivity contribution in [3.8, 4) is 0 Å². The Morgan fingerprint density at radius 3 is 2.75 bits per heavy atom. The van der Waals surface area contributed by atoms with Crippen LogP contribution in [0.5, 0.6) is 0 Å². The fraction of sp³-hybridized carbons (Fsp3) is 0.571. The van der Waals surface area contributed by atoms with E-state index >= 15 is 0 Å². The molecule has 1 aromatic rings. The fourth-order valence-electron chi connectivity index (χ4n) is 2.73. The molecule has 2 N–H and O–H groups in total. The van der Waals surface area contributed by atoms with Gasteiger partial charge in [-0.05, 0) is 36.0 Å². The molecule has 0 radical (unpaired) electrons. The third kappa shape index (κ3) is 3.37. The lowest BCUT2D eigenvalue weighted by Crippen LogP contribution is -2.31. The molecule has 2 atom stereocenters. The molecule has 1 fully saturated rings. The van der Waals surface area contributed by atoms with E-state index in [1.165, 1.54) is 6.07 Å². The Morgan fingerprint density at radius 1 is 1.40 bits per heavy atom. The summed E-state index contributed by atoms with van der Waals surface area (Å²) in [5, 5.41) is 9.18. The van der Waals surface area contributed by atoms with E-state index in [0.29, 0.717) is 18.4 Å². The van der Waals surface area contributed by atoms with Crippen LogP contribution in [-0.2, 0) is 16.6 Å². The SMILES string of the molecule is CC1CCCC1CNS(=O)(=O)c1cc(F)ccc1CO.